The number of rotatable bonds is 15. The highest BCUT2D eigenvalue weighted by molar-refractivity contribution is 5.83. The monoisotopic (exact) mass is 459 g/mol. The Balaban J connectivity index is 2.63. The molecule has 0 saturated heterocycles. The Morgan fingerprint density at radius 1 is 0.879 bits per heavy atom. The van der Waals surface area contributed by atoms with E-state index in [-0.39, 0.29) is 5.97 Å². The van der Waals surface area contributed by atoms with Gasteiger partial charge in [-0.15, -0.1) is 0 Å². The molecule has 1 amide bonds. The Morgan fingerprint density at radius 3 is 2.24 bits per heavy atom. The fourth-order valence-corrected chi connectivity index (χ4v) is 3.34. The number of unbranched alkanes of at least 4 members (excludes halogenated alkanes) is 5. The Labute approximate surface area is 197 Å². The first-order valence-electron chi connectivity index (χ1n) is 11.4. The van der Waals surface area contributed by atoms with Gasteiger partial charge in [0.2, 0.25) is 0 Å². The van der Waals surface area contributed by atoms with Crippen molar-refractivity contribution in [2.75, 3.05) is 21.3 Å². The number of esters is 2. The van der Waals surface area contributed by atoms with Gasteiger partial charge in [-0.25, -0.2) is 9.59 Å². The molecule has 1 aromatic carbocycles. The van der Waals surface area contributed by atoms with Crippen molar-refractivity contribution in [3.8, 4) is 0 Å². The van der Waals surface area contributed by atoms with E-state index in [2.05, 4.69) is 16.1 Å². The normalized spacial score (nSPS) is 12.3. The van der Waals surface area contributed by atoms with E-state index in [0.717, 1.165) is 49.7 Å². The van der Waals surface area contributed by atoms with Crippen molar-refractivity contribution in [3.05, 3.63) is 59.7 Å². The number of benzene rings is 1. The highest BCUT2D eigenvalue weighted by Crippen LogP contribution is 2.16. The lowest BCUT2D eigenvalue weighted by Crippen LogP contribution is -2.38. The average molecular weight is 460 g/mol. The molecule has 0 spiro atoms. The Morgan fingerprint density at radius 2 is 1.58 bits per heavy atom. The SMILES string of the molecule is COC(=O)/C=C(\C/C=C/CCCCCCCC(=O)OC)[C@H](Cc1ccccc1)NC(=O)OC. The van der Waals surface area contributed by atoms with E-state index in [1.807, 2.05) is 36.4 Å². The molecule has 0 aliphatic rings. The van der Waals surface area contributed by atoms with Crippen molar-refractivity contribution < 1.29 is 28.6 Å². The fraction of sp³-hybridized carbons (Fsp3) is 0.500. The van der Waals surface area contributed by atoms with E-state index >= 15 is 0 Å². The second-order valence-corrected chi connectivity index (χ2v) is 7.68. The summed E-state index contributed by atoms with van der Waals surface area (Å²) in [5.41, 5.74) is 1.78. The van der Waals surface area contributed by atoms with Gasteiger partial charge in [-0.05, 0) is 43.2 Å². The first-order valence-corrected chi connectivity index (χ1v) is 11.4. The largest absolute Gasteiger partial charge is 0.469 e. The van der Waals surface area contributed by atoms with Crippen LogP contribution in [0.3, 0.4) is 0 Å². The molecule has 0 aromatic heterocycles. The number of nitrogens with one attached hydrogen (secondary N) is 1. The van der Waals surface area contributed by atoms with E-state index in [9.17, 15) is 14.4 Å². The fourth-order valence-electron chi connectivity index (χ4n) is 3.34. The summed E-state index contributed by atoms with van der Waals surface area (Å²) in [6, 6.07) is 9.34. The van der Waals surface area contributed by atoms with Crippen LogP contribution in [0.15, 0.2) is 54.1 Å². The average Bonchev–Trinajstić information content (AvgIpc) is 2.84. The maximum absolute atomic E-state index is 12.0. The molecule has 7 nitrogen and oxygen atoms in total. The molecule has 7 heteroatoms. The molecule has 0 aliphatic heterocycles. The summed E-state index contributed by atoms with van der Waals surface area (Å²) in [7, 11) is 4.06. The molecule has 1 N–H and O–H groups in total. The maximum Gasteiger partial charge on any atom is 0.407 e. The summed E-state index contributed by atoms with van der Waals surface area (Å²) in [5, 5.41) is 2.83. The highest BCUT2D eigenvalue weighted by Gasteiger charge is 2.19. The third-order valence-corrected chi connectivity index (χ3v) is 5.21. The summed E-state index contributed by atoms with van der Waals surface area (Å²) in [5.74, 6) is -0.615. The quantitative estimate of drug-likeness (QED) is 0.132. The molecule has 0 aliphatic carbocycles. The standard InChI is InChI=1S/C26H37NO6/c1-31-24(28)18-14-9-7-5-4-6-8-13-17-22(20-25(29)32-2)23(27-26(30)33-3)19-21-15-11-10-12-16-21/h8,10-13,15-16,20,23H,4-7,9,14,17-19H2,1-3H3,(H,27,30)/b13-8+,22-20+/t23-/m0/s1. The molecule has 1 atom stereocenters. The lowest BCUT2D eigenvalue weighted by molar-refractivity contribution is -0.140. The molecule has 0 saturated carbocycles. The van der Waals surface area contributed by atoms with Crippen molar-refractivity contribution in [1.29, 1.82) is 0 Å². The van der Waals surface area contributed by atoms with Gasteiger partial charge < -0.3 is 19.5 Å². The second-order valence-electron chi connectivity index (χ2n) is 7.68. The Bertz CT molecular complexity index is 772. The predicted molar refractivity (Wildman–Crippen MR) is 128 cm³/mol. The van der Waals surface area contributed by atoms with E-state index in [0.29, 0.717) is 19.3 Å². The molecule has 0 fully saturated rings. The first-order chi connectivity index (χ1) is 16.0. The smallest absolute Gasteiger partial charge is 0.407 e. The third-order valence-electron chi connectivity index (χ3n) is 5.21. The van der Waals surface area contributed by atoms with Crippen LogP contribution >= 0.6 is 0 Å². The number of carbonyl (C=O) groups excluding carboxylic acids is 3. The third kappa shape index (κ3) is 13.1. The van der Waals surface area contributed by atoms with Crippen molar-refractivity contribution in [2.45, 2.75) is 63.8 Å². The number of amides is 1. The minimum atomic E-state index is -0.553. The molecule has 0 unspecified atom stereocenters. The van der Waals surface area contributed by atoms with Gasteiger partial charge in [0.15, 0.2) is 0 Å². The minimum Gasteiger partial charge on any atom is -0.469 e. The van der Waals surface area contributed by atoms with Crippen LogP contribution in [-0.4, -0.2) is 45.4 Å². The van der Waals surface area contributed by atoms with Crippen LogP contribution < -0.4 is 5.32 Å². The van der Waals surface area contributed by atoms with E-state index < -0.39 is 18.1 Å². The summed E-state index contributed by atoms with van der Waals surface area (Å²) >= 11 is 0. The molecule has 0 bridgehead atoms. The molecular formula is C26H37NO6. The Kier molecular flexibility index (Phi) is 14.8. The number of hydrogen-bond donors (Lipinski definition) is 1. The first kappa shape index (κ1) is 27.9. The van der Waals surface area contributed by atoms with Crippen molar-refractivity contribution in [1.82, 2.24) is 5.32 Å². The van der Waals surface area contributed by atoms with E-state index in [1.165, 1.54) is 27.4 Å². The van der Waals surface area contributed by atoms with Gasteiger partial charge in [0.1, 0.15) is 0 Å². The maximum atomic E-state index is 12.0. The van der Waals surface area contributed by atoms with Crippen LogP contribution in [0.4, 0.5) is 4.79 Å². The van der Waals surface area contributed by atoms with Crippen molar-refractivity contribution in [3.63, 3.8) is 0 Å². The molecular weight excluding hydrogens is 422 g/mol. The molecule has 1 rings (SSSR count). The number of hydrogen-bond acceptors (Lipinski definition) is 6. The van der Waals surface area contributed by atoms with Gasteiger partial charge in [0.25, 0.3) is 0 Å². The van der Waals surface area contributed by atoms with Crippen LogP contribution in [0, 0.1) is 0 Å². The van der Waals surface area contributed by atoms with Gasteiger partial charge in [0.05, 0.1) is 27.4 Å². The lowest BCUT2D eigenvalue weighted by atomic mass is 9.95. The summed E-state index contributed by atoms with van der Waals surface area (Å²) < 4.78 is 14.2. The number of ether oxygens (including phenoxy) is 3. The molecule has 33 heavy (non-hydrogen) atoms. The van der Waals surface area contributed by atoms with Gasteiger partial charge in [-0.2, -0.15) is 0 Å². The van der Waals surface area contributed by atoms with Gasteiger partial charge >= 0.3 is 18.0 Å². The van der Waals surface area contributed by atoms with Gasteiger partial charge in [-0.3, -0.25) is 4.79 Å². The Hall–Kier alpha value is -3.09. The molecule has 1 aromatic rings. The molecule has 0 heterocycles. The molecule has 0 radical (unpaired) electrons. The van der Waals surface area contributed by atoms with Gasteiger partial charge in [-0.1, -0.05) is 61.7 Å². The van der Waals surface area contributed by atoms with Crippen LogP contribution in [-0.2, 0) is 30.2 Å². The zero-order valence-electron chi connectivity index (χ0n) is 20.0. The topological polar surface area (TPSA) is 90.9 Å². The summed E-state index contributed by atoms with van der Waals surface area (Å²) in [4.78, 5) is 35.0. The molecule has 182 valence electrons. The predicted octanol–water partition coefficient (Wildman–Crippen LogP) is 4.90. The van der Waals surface area contributed by atoms with E-state index in [1.54, 1.807) is 0 Å². The van der Waals surface area contributed by atoms with Crippen LogP contribution in [0.25, 0.3) is 0 Å². The van der Waals surface area contributed by atoms with Gasteiger partial charge in [0, 0.05) is 12.5 Å². The van der Waals surface area contributed by atoms with Crippen LogP contribution in [0.2, 0.25) is 0 Å². The number of allylic oxidation sites excluding steroid dienone is 2. The zero-order chi connectivity index (χ0) is 24.3. The number of alkyl carbamates (subject to hydrolysis) is 1. The zero-order valence-corrected chi connectivity index (χ0v) is 20.0. The summed E-state index contributed by atoms with van der Waals surface area (Å²) in [6.07, 6.45) is 12.6. The minimum absolute atomic E-state index is 0.152. The second kappa shape index (κ2) is 17.5. The van der Waals surface area contributed by atoms with Crippen LogP contribution in [0.5, 0.6) is 0 Å². The van der Waals surface area contributed by atoms with Crippen molar-refractivity contribution >= 4 is 18.0 Å². The number of carbonyl (C=O) groups is 3. The van der Waals surface area contributed by atoms with Crippen molar-refractivity contribution in [2.24, 2.45) is 0 Å². The number of methoxy groups -OCH3 is 3. The lowest BCUT2D eigenvalue weighted by Gasteiger charge is -2.21. The highest BCUT2D eigenvalue weighted by atomic mass is 16.5. The van der Waals surface area contributed by atoms with E-state index in [4.69, 9.17) is 9.47 Å². The van der Waals surface area contributed by atoms with Crippen LogP contribution in [0.1, 0.15) is 56.9 Å². The summed E-state index contributed by atoms with van der Waals surface area (Å²) in [6.45, 7) is 0.